The standard InChI is InChI=1S/C12H17ClN2O4S/c13-10-6-9(7-14-11(10)16)20(18,19)15-8-12(17)4-2-1-3-5-12/h6-7,15,17H,1-5,8H2,(H,14,16). The maximum atomic E-state index is 12.1. The first-order chi connectivity index (χ1) is 9.32. The van der Waals surface area contributed by atoms with Crippen molar-refractivity contribution in [3.8, 4) is 0 Å². The summed E-state index contributed by atoms with van der Waals surface area (Å²) >= 11 is 5.61. The third-order valence-electron chi connectivity index (χ3n) is 3.52. The summed E-state index contributed by atoms with van der Waals surface area (Å²) in [6.45, 7) is -0.0356. The molecule has 6 nitrogen and oxygen atoms in total. The van der Waals surface area contributed by atoms with Crippen LogP contribution in [0.2, 0.25) is 5.02 Å². The van der Waals surface area contributed by atoms with Gasteiger partial charge in [-0.05, 0) is 18.9 Å². The Morgan fingerprint density at radius 3 is 2.60 bits per heavy atom. The Morgan fingerprint density at radius 1 is 1.35 bits per heavy atom. The minimum Gasteiger partial charge on any atom is -0.389 e. The molecule has 1 heterocycles. The Morgan fingerprint density at radius 2 is 2.00 bits per heavy atom. The van der Waals surface area contributed by atoms with Gasteiger partial charge in [0.2, 0.25) is 10.0 Å². The van der Waals surface area contributed by atoms with E-state index in [0.717, 1.165) is 31.5 Å². The molecule has 1 fully saturated rings. The van der Waals surface area contributed by atoms with Crippen LogP contribution in [0, 0.1) is 0 Å². The molecule has 1 aromatic rings. The first-order valence-electron chi connectivity index (χ1n) is 6.43. The van der Waals surface area contributed by atoms with Crippen LogP contribution in [-0.4, -0.2) is 30.7 Å². The zero-order valence-electron chi connectivity index (χ0n) is 10.9. The number of rotatable bonds is 4. The molecule has 0 radical (unpaired) electrons. The molecular weight excluding hydrogens is 304 g/mol. The maximum absolute atomic E-state index is 12.1. The molecule has 0 saturated heterocycles. The first-order valence-corrected chi connectivity index (χ1v) is 8.29. The van der Waals surface area contributed by atoms with Crippen LogP contribution in [0.15, 0.2) is 22.0 Å². The number of aliphatic hydroxyl groups is 1. The monoisotopic (exact) mass is 320 g/mol. The van der Waals surface area contributed by atoms with Crippen LogP contribution < -0.4 is 10.3 Å². The summed E-state index contributed by atoms with van der Waals surface area (Å²) in [5.41, 5.74) is -1.53. The molecule has 2 rings (SSSR count). The van der Waals surface area contributed by atoms with Gasteiger partial charge in [-0.2, -0.15) is 0 Å². The largest absolute Gasteiger partial charge is 0.389 e. The second-order valence-electron chi connectivity index (χ2n) is 5.12. The van der Waals surface area contributed by atoms with E-state index in [2.05, 4.69) is 9.71 Å². The fourth-order valence-corrected chi connectivity index (χ4v) is 3.64. The fraction of sp³-hybridized carbons (Fsp3) is 0.583. The normalized spacial score (nSPS) is 18.9. The van der Waals surface area contributed by atoms with E-state index in [1.54, 1.807) is 0 Å². The van der Waals surface area contributed by atoms with Crippen molar-refractivity contribution in [1.29, 1.82) is 0 Å². The summed E-state index contributed by atoms with van der Waals surface area (Å²) < 4.78 is 26.5. The third kappa shape index (κ3) is 3.60. The molecule has 0 aliphatic heterocycles. The summed E-state index contributed by atoms with van der Waals surface area (Å²) in [7, 11) is -3.80. The van der Waals surface area contributed by atoms with E-state index in [1.165, 1.54) is 0 Å². The predicted molar refractivity (Wildman–Crippen MR) is 75.3 cm³/mol. The topological polar surface area (TPSA) is 99.3 Å². The lowest BCUT2D eigenvalue weighted by Gasteiger charge is -2.32. The van der Waals surface area contributed by atoms with Crippen molar-refractivity contribution in [2.24, 2.45) is 0 Å². The van der Waals surface area contributed by atoms with E-state index in [4.69, 9.17) is 11.6 Å². The van der Waals surface area contributed by atoms with Crippen LogP contribution in [0.3, 0.4) is 0 Å². The van der Waals surface area contributed by atoms with Gasteiger partial charge >= 0.3 is 0 Å². The van der Waals surface area contributed by atoms with Gasteiger partial charge in [-0.25, -0.2) is 13.1 Å². The lowest BCUT2D eigenvalue weighted by molar-refractivity contribution is 0.00945. The number of halogens is 1. The van der Waals surface area contributed by atoms with Crippen molar-refractivity contribution >= 4 is 21.6 Å². The molecule has 3 N–H and O–H groups in total. The van der Waals surface area contributed by atoms with Crippen LogP contribution in [0.5, 0.6) is 0 Å². The molecule has 0 bridgehead atoms. The van der Waals surface area contributed by atoms with Crippen molar-refractivity contribution in [3.63, 3.8) is 0 Å². The molecule has 20 heavy (non-hydrogen) atoms. The highest BCUT2D eigenvalue weighted by molar-refractivity contribution is 7.89. The van der Waals surface area contributed by atoms with Crippen LogP contribution in [0.25, 0.3) is 0 Å². The fourth-order valence-electron chi connectivity index (χ4n) is 2.29. The highest BCUT2D eigenvalue weighted by Gasteiger charge is 2.31. The smallest absolute Gasteiger partial charge is 0.266 e. The number of hydrogen-bond donors (Lipinski definition) is 3. The van der Waals surface area contributed by atoms with E-state index in [0.29, 0.717) is 12.8 Å². The minimum atomic E-state index is -3.80. The number of H-pyrrole nitrogens is 1. The average molecular weight is 321 g/mol. The molecule has 112 valence electrons. The second kappa shape index (κ2) is 5.85. The Balaban J connectivity index is 2.10. The van der Waals surface area contributed by atoms with Crippen molar-refractivity contribution < 1.29 is 13.5 Å². The number of pyridine rings is 1. The van der Waals surface area contributed by atoms with Crippen molar-refractivity contribution in [2.75, 3.05) is 6.54 Å². The van der Waals surface area contributed by atoms with Gasteiger partial charge in [0.1, 0.15) is 5.02 Å². The Hall–Kier alpha value is -0.890. The third-order valence-corrected chi connectivity index (χ3v) is 5.18. The van der Waals surface area contributed by atoms with Gasteiger partial charge in [0.05, 0.1) is 10.5 Å². The van der Waals surface area contributed by atoms with E-state index >= 15 is 0 Å². The summed E-state index contributed by atoms with van der Waals surface area (Å²) in [6.07, 6.45) is 5.10. The molecule has 1 aliphatic carbocycles. The Kier molecular flexibility index (Phi) is 4.53. The summed E-state index contributed by atoms with van der Waals surface area (Å²) in [5.74, 6) is 0. The summed E-state index contributed by atoms with van der Waals surface area (Å²) in [6, 6.07) is 1.09. The van der Waals surface area contributed by atoms with Gasteiger partial charge in [-0.3, -0.25) is 4.79 Å². The lowest BCUT2D eigenvalue weighted by Crippen LogP contribution is -2.44. The number of sulfonamides is 1. The van der Waals surface area contributed by atoms with Gasteiger partial charge in [0.25, 0.3) is 5.56 Å². The van der Waals surface area contributed by atoms with Crippen LogP contribution in [0.4, 0.5) is 0 Å². The zero-order valence-corrected chi connectivity index (χ0v) is 12.4. The van der Waals surface area contributed by atoms with Gasteiger partial charge in [-0.15, -0.1) is 0 Å². The molecule has 1 aromatic heterocycles. The molecule has 0 unspecified atom stereocenters. The van der Waals surface area contributed by atoms with Crippen LogP contribution in [0.1, 0.15) is 32.1 Å². The zero-order chi connectivity index (χ0) is 14.8. The number of nitrogens with one attached hydrogen (secondary N) is 2. The number of aromatic amines is 1. The first kappa shape index (κ1) is 15.5. The van der Waals surface area contributed by atoms with Gasteiger partial charge in [-0.1, -0.05) is 30.9 Å². The molecule has 0 atom stereocenters. The highest BCUT2D eigenvalue weighted by Crippen LogP contribution is 2.27. The maximum Gasteiger partial charge on any atom is 0.266 e. The van der Waals surface area contributed by atoms with E-state index in [9.17, 15) is 18.3 Å². The van der Waals surface area contributed by atoms with E-state index in [1.807, 2.05) is 0 Å². The molecule has 8 heteroatoms. The van der Waals surface area contributed by atoms with Gasteiger partial charge < -0.3 is 10.1 Å². The quantitative estimate of drug-likeness (QED) is 0.770. The number of aromatic nitrogens is 1. The summed E-state index contributed by atoms with van der Waals surface area (Å²) in [4.78, 5) is 13.2. The second-order valence-corrected chi connectivity index (χ2v) is 7.30. The molecule has 1 aliphatic rings. The summed E-state index contributed by atoms with van der Waals surface area (Å²) in [5, 5.41) is 10.1. The van der Waals surface area contributed by atoms with Crippen molar-refractivity contribution in [3.05, 3.63) is 27.6 Å². The average Bonchev–Trinajstić information content (AvgIpc) is 2.41. The van der Waals surface area contributed by atoms with Crippen molar-refractivity contribution in [2.45, 2.75) is 42.6 Å². The predicted octanol–water partition coefficient (Wildman–Crippen LogP) is 1.00. The SMILES string of the molecule is O=c1[nH]cc(S(=O)(=O)NCC2(O)CCCCC2)cc1Cl. The molecular formula is C12H17ClN2O4S. The Bertz CT molecular complexity index is 635. The highest BCUT2D eigenvalue weighted by atomic mass is 35.5. The number of hydrogen-bond acceptors (Lipinski definition) is 4. The molecule has 0 aromatic carbocycles. The lowest BCUT2D eigenvalue weighted by atomic mass is 9.85. The molecule has 1 saturated carbocycles. The van der Waals surface area contributed by atoms with Crippen LogP contribution in [-0.2, 0) is 10.0 Å². The minimum absolute atomic E-state index is 0.0356. The van der Waals surface area contributed by atoms with Gasteiger partial charge in [0, 0.05) is 12.7 Å². The van der Waals surface area contributed by atoms with E-state index < -0.39 is 21.2 Å². The van der Waals surface area contributed by atoms with Crippen LogP contribution >= 0.6 is 11.6 Å². The molecule has 0 amide bonds. The molecule has 0 spiro atoms. The van der Waals surface area contributed by atoms with E-state index in [-0.39, 0.29) is 16.5 Å². The van der Waals surface area contributed by atoms with Crippen molar-refractivity contribution in [1.82, 2.24) is 9.71 Å². The van der Waals surface area contributed by atoms with Gasteiger partial charge in [0.15, 0.2) is 0 Å². The Labute approximate surface area is 122 Å².